The molecule has 0 spiro atoms. The molecule has 35 heavy (non-hydrogen) atoms. The zero-order valence-electron chi connectivity index (χ0n) is 20.7. The van der Waals surface area contributed by atoms with Crippen LogP contribution in [0.5, 0.6) is 5.75 Å². The number of anilines is 2. The monoisotopic (exact) mass is 482 g/mol. The van der Waals surface area contributed by atoms with Crippen LogP contribution in [0.3, 0.4) is 0 Å². The summed E-state index contributed by atoms with van der Waals surface area (Å²) >= 11 is 0. The van der Waals surface area contributed by atoms with E-state index in [-0.39, 0.29) is 17.6 Å². The van der Waals surface area contributed by atoms with Gasteiger partial charge in [-0.2, -0.15) is 9.61 Å². The van der Waals surface area contributed by atoms with Crippen molar-refractivity contribution in [2.45, 2.75) is 52.2 Å². The molecular weight excluding hydrogens is 451 g/mol. The van der Waals surface area contributed by atoms with E-state index in [1.165, 1.54) is 23.8 Å². The smallest absolute Gasteiger partial charge is 0.223 e. The average molecular weight is 483 g/mol. The number of halogens is 1. The first-order chi connectivity index (χ1) is 16.5. The van der Waals surface area contributed by atoms with Crippen molar-refractivity contribution in [3.8, 4) is 5.75 Å². The highest BCUT2D eigenvalue weighted by molar-refractivity contribution is 5.93. The summed E-state index contributed by atoms with van der Waals surface area (Å²) in [5, 5.41) is 19.9. The lowest BCUT2D eigenvalue weighted by Crippen LogP contribution is -2.39. The van der Waals surface area contributed by atoms with Crippen LogP contribution in [0, 0.1) is 18.7 Å². The third-order valence-corrected chi connectivity index (χ3v) is 6.57. The molecule has 0 radical (unpaired) electrons. The zero-order chi connectivity index (χ0) is 25.1. The van der Waals surface area contributed by atoms with Crippen LogP contribution in [0.1, 0.15) is 44.6 Å². The van der Waals surface area contributed by atoms with Gasteiger partial charge in [0.2, 0.25) is 5.95 Å². The molecule has 1 aliphatic rings. The van der Waals surface area contributed by atoms with Gasteiger partial charge in [-0.25, -0.2) is 14.4 Å². The number of hydrogen-bond donors (Lipinski definition) is 2. The Labute approximate surface area is 202 Å². The molecule has 0 bridgehead atoms. The number of aliphatic hydroxyl groups is 1. The summed E-state index contributed by atoms with van der Waals surface area (Å²) in [5.74, 6) is 0.893. The van der Waals surface area contributed by atoms with E-state index in [1.807, 2.05) is 17.8 Å². The number of aromatic nitrogens is 6. The minimum Gasteiger partial charge on any atom is -0.494 e. The van der Waals surface area contributed by atoms with Gasteiger partial charge < -0.3 is 20.5 Å². The Hall–Kier alpha value is -3.47. The number of benzene rings is 1. The number of nitrogens with two attached hydrogens (primary N) is 1. The number of piperidine rings is 1. The van der Waals surface area contributed by atoms with E-state index in [9.17, 15) is 9.50 Å². The van der Waals surface area contributed by atoms with Gasteiger partial charge in [-0.05, 0) is 39.2 Å². The molecule has 2 atom stereocenters. The summed E-state index contributed by atoms with van der Waals surface area (Å²) in [7, 11) is 1.41. The Kier molecular flexibility index (Phi) is 5.54. The molecule has 0 unspecified atom stereocenters. The summed E-state index contributed by atoms with van der Waals surface area (Å²) < 4.78 is 22.9. The van der Waals surface area contributed by atoms with E-state index in [1.54, 1.807) is 13.8 Å². The van der Waals surface area contributed by atoms with E-state index >= 15 is 0 Å². The maximum atomic E-state index is 14.5. The molecule has 10 nitrogen and oxygen atoms in total. The third kappa shape index (κ3) is 4.24. The maximum Gasteiger partial charge on any atom is 0.223 e. The summed E-state index contributed by atoms with van der Waals surface area (Å²) in [5.41, 5.74) is 8.35. The van der Waals surface area contributed by atoms with Crippen LogP contribution in [0.15, 0.2) is 18.3 Å². The quantitative estimate of drug-likeness (QED) is 0.446. The average Bonchev–Trinajstić information content (AvgIpc) is 3.38. The van der Waals surface area contributed by atoms with Crippen molar-refractivity contribution in [3.63, 3.8) is 0 Å². The summed E-state index contributed by atoms with van der Waals surface area (Å²) in [6.45, 7) is 9.79. The molecule has 186 valence electrons. The van der Waals surface area contributed by atoms with Crippen molar-refractivity contribution in [1.82, 2.24) is 29.4 Å². The Morgan fingerprint density at radius 3 is 2.74 bits per heavy atom. The molecule has 1 fully saturated rings. The summed E-state index contributed by atoms with van der Waals surface area (Å²) in [4.78, 5) is 11.5. The predicted molar refractivity (Wildman–Crippen MR) is 131 cm³/mol. The largest absolute Gasteiger partial charge is 0.494 e. The Morgan fingerprint density at radius 2 is 2.03 bits per heavy atom. The van der Waals surface area contributed by atoms with Gasteiger partial charge >= 0.3 is 0 Å². The lowest BCUT2D eigenvalue weighted by Gasteiger charge is -2.36. The van der Waals surface area contributed by atoms with E-state index in [4.69, 9.17) is 15.5 Å². The topological polar surface area (TPSA) is 120 Å². The normalized spacial score (nSPS) is 19.1. The lowest BCUT2D eigenvalue weighted by molar-refractivity contribution is 0.0571. The minimum absolute atomic E-state index is 0.0493. The molecule has 4 heterocycles. The second-order valence-corrected chi connectivity index (χ2v) is 10.2. The van der Waals surface area contributed by atoms with Gasteiger partial charge in [-0.3, -0.25) is 4.68 Å². The molecule has 3 N–H and O–H groups in total. The first-order valence-electron chi connectivity index (χ1n) is 11.7. The van der Waals surface area contributed by atoms with Crippen LogP contribution in [-0.4, -0.2) is 60.3 Å². The lowest BCUT2D eigenvalue weighted by atomic mass is 9.89. The van der Waals surface area contributed by atoms with Gasteiger partial charge in [0.25, 0.3) is 0 Å². The summed E-state index contributed by atoms with van der Waals surface area (Å²) in [6, 6.07) is 2.89. The SMILES string of the molecule is COc1cc2nc(N)n3nc([C@H]4C[C@@H](C)CN(c5cnn(CC(C)(C)O)c5C)C4)nc3c2cc1F. The standard InChI is InChI=1S/C24H31FN8O2/c1-13-6-15(11-31(10-13)19-9-27-32(14(19)2)12-24(3,4)34)21-29-22-16-7-17(25)20(35-5)8-18(16)28-23(26)33(22)30-21/h7-9,13,15,34H,6,10-12H2,1-5H3,(H2,26,28)/t13-,15+/m1/s1. The number of ether oxygens (including phenoxy) is 1. The molecule has 0 amide bonds. The van der Waals surface area contributed by atoms with Crippen LogP contribution >= 0.6 is 0 Å². The van der Waals surface area contributed by atoms with Crippen molar-refractivity contribution in [3.05, 3.63) is 35.7 Å². The zero-order valence-corrected chi connectivity index (χ0v) is 20.7. The Morgan fingerprint density at radius 1 is 1.26 bits per heavy atom. The highest BCUT2D eigenvalue weighted by atomic mass is 19.1. The van der Waals surface area contributed by atoms with E-state index in [0.717, 1.165) is 24.3 Å². The van der Waals surface area contributed by atoms with E-state index < -0.39 is 11.4 Å². The summed E-state index contributed by atoms with van der Waals surface area (Å²) in [6.07, 6.45) is 2.77. The molecule has 1 aliphatic heterocycles. The molecule has 1 aromatic carbocycles. The van der Waals surface area contributed by atoms with Gasteiger partial charge in [0.15, 0.2) is 23.0 Å². The van der Waals surface area contributed by atoms with Crippen LogP contribution in [0.2, 0.25) is 0 Å². The molecule has 1 saturated heterocycles. The van der Waals surface area contributed by atoms with E-state index in [2.05, 4.69) is 27.0 Å². The highest BCUT2D eigenvalue weighted by Gasteiger charge is 2.31. The molecule has 5 rings (SSSR count). The molecule has 11 heteroatoms. The third-order valence-electron chi connectivity index (χ3n) is 6.57. The minimum atomic E-state index is -0.855. The second-order valence-electron chi connectivity index (χ2n) is 10.2. The number of rotatable bonds is 5. The van der Waals surface area contributed by atoms with Crippen LogP contribution < -0.4 is 15.4 Å². The van der Waals surface area contributed by atoms with Gasteiger partial charge in [-0.15, -0.1) is 5.10 Å². The second kappa shape index (κ2) is 8.33. The molecular formula is C24H31FN8O2. The van der Waals surface area contributed by atoms with Crippen molar-refractivity contribution in [2.24, 2.45) is 5.92 Å². The fourth-order valence-electron chi connectivity index (χ4n) is 4.98. The van der Waals surface area contributed by atoms with Gasteiger partial charge in [0.1, 0.15) is 0 Å². The van der Waals surface area contributed by atoms with Crippen molar-refractivity contribution < 1.29 is 14.2 Å². The number of nitrogen functional groups attached to an aromatic ring is 1. The van der Waals surface area contributed by atoms with Crippen molar-refractivity contribution in [1.29, 1.82) is 0 Å². The van der Waals surface area contributed by atoms with Crippen LogP contribution in [-0.2, 0) is 6.54 Å². The van der Waals surface area contributed by atoms with Crippen LogP contribution in [0.4, 0.5) is 16.0 Å². The number of methoxy groups -OCH3 is 1. The van der Waals surface area contributed by atoms with E-state index in [0.29, 0.717) is 41.4 Å². The predicted octanol–water partition coefficient (Wildman–Crippen LogP) is 2.91. The molecule has 4 aromatic rings. The fourth-order valence-corrected chi connectivity index (χ4v) is 4.98. The molecule has 0 aliphatic carbocycles. The number of hydrogen-bond acceptors (Lipinski definition) is 8. The maximum absolute atomic E-state index is 14.5. The Bertz CT molecular complexity index is 1410. The first kappa shape index (κ1) is 23.3. The van der Waals surface area contributed by atoms with Crippen LogP contribution in [0.25, 0.3) is 16.6 Å². The fraction of sp³-hybridized carbons (Fsp3) is 0.500. The highest BCUT2D eigenvalue weighted by Crippen LogP contribution is 2.34. The van der Waals surface area contributed by atoms with Gasteiger partial charge in [-0.1, -0.05) is 6.92 Å². The Balaban J connectivity index is 1.50. The van der Waals surface area contributed by atoms with Gasteiger partial charge in [0.05, 0.1) is 42.4 Å². The van der Waals surface area contributed by atoms with Crippen molar-refractivity contribution >= 4 is 28.2 Å². The van der Waals surface area contributed by atoms with Crippen molar-refractivity contribution in [2.75, 3.05) is 30.8 Å². The molecule has 0 saturated carbocycles. The van der Waals surface area contributed by atoms with Gasteiger partial charge in [0, 0.05) is 30.5 Å². The number of fused-ring (bicyclic) bond motifs is 3. The first-order valence-corrected chi connectivity index (χ1v) is 11.7. The molecule has 3 aromatic heterocycles. The number of nitrogens with zero attached hydrogens (tertiary/aromatic N) is 7.